The summed E-state index contributed by atoms with van der Waals surface area (Å²) in [7, 11) is 1.44. The Balaban J connectivity index is 2.19. The first-order valence-electron chi connectivity index (χ1n) is 5.05. The van der Waals surface area contributed by atoms with Gasteiger partial charge >= 0.3 is 6.18 Å². The van der Waals surface area contributed by atoms with Crippen molar-refractivity contribution in [2.75, 3.05) is 26.7 Å². The molecule has 0 amide bonds. The minimum absolute atomic E-state index is 0.0549. The normalized spacial score (nSPS) is 27.6. The van der Waals surface area contributed by atoms with E-state index in [2.05, 4.69) is 5.32 Å². The number of hydrogen-bond donors (Lipinski definition) is 2. The van der Waals surface area contributed by atoms with Crippen molar-refractivity contribution in [3.63, 3.8) is 0 Å². The van der Waals surface area contributed by atoms with E-state index >= 15 is 0 Å². The van der Waals surface area contributed by atoms with E-state index in [1.165, 1.54) is 11.9 Å². The number of hydrogen-bond acceptors (Lipinski definition) is 3. The fraction of sp³-hybridized carbons (Fsp3) is 1.00. The maximum absolute atomic E-state index is 12.0. The zero-order valence-corrected chi connectivity index (χ0v) is 8.72. The topological polar surface area (TPSA) is 35.5 Å². The number of halogens is 3. The second-order valence-corrected chi connectivity index (χ2v) is 4.06. The molecule has 1 aliphatic rings. The Labute approximate surface area is 87.3 Å². The Morgan fingerprint density at radius 2 is 2.13 bits per heavy atom. The molecule has 1 saturated heterocycles. The van der Waals surface area contributed by atoms with E-state index in [1.54, 1.807) is 0 Å². The van der Waals surface area contributed by atoms with Crippen molar-refractivity contribution in [3.05, 3.63) is 0 Å². The molecular weight excluding hydrogens is 209 g/mol. The predicted molar refractivity (Wildman–Crippen MR) is 50.6 cm³/mol. The lowest BCUT2D eigenvalue weighted by Crippen LogP contribution is -2.37. The molecule has 1 rings (SSSR count). The second kappa shape index (κ2) is 5.14. The van der Waals surface area contributed by atoms with Crippen molar-refractivity contribution in [3.8, 4) is 0 Å². The number of nitrogens with zero attached hydrogens (tertiary/aromatic N) is 1. The van der Waals surface area contributed by atoms with E-state index in [0.717, 1.165) is 6.54 Å². The lowest BCUT2D eigenvalue weighted by atomic mass is 10.1. The molecule has 2 atom stereocenters. The zero-order valence-electron chi connectivity index (χ0n) is 8.72. The molecule has 0 saturated carbocycles. The van der Waals surface area contributed by atoms with Crippen LogP contribution in [0.1, 0.15) is 12.8 Å². The molecular formula is C9H17F3N2O. The van der Waals surface area contributed by atoms with E-state index in [4.69, 9.17) is 0 Å². The molecule has 1 fully saturated rings. The average molecular weight is 226 g/mol. The van der Waals surface area contributed by atoms with Gasteiger partial charge < -0.3 is 10.4 Å². The third kappa shape index (κ3) is 4.81. The molecule has 0 radical (unpaired) electrons. The van der Waals surface area contributed by atoms with Gasteiger partial charge in [0.15, 0.2) is 0 Å². The van der Waals surface area contributed by atoms with Gasteiger partial charge in [-0.25, -0.2) is 0 Å². The molecule has 3 nitrogen and oxygen atoms in total. The van der Waals surface area contributed by atoms with Crippen LogP contribution in [-0.2, 0) is 0 Å². The molecule has 0 aromatic carbocycles. The minimum atomic E-state index is -4.14. The van der Waals surface area contributed by atoms with Crippen LogP contribution in [0.2, 0.25) is 0 Å². The summed E-state index contributed by atoms with van der Waals surface area (Å²) >= 11 is 0. The number of nitrogens with one attached hydrogen (secondary N) is 1. The SMILES string of the molecule is CN(CCC1NCCC1O)CC(F)(F)F. The van der Waals surface area contributed by atoms with E-state index in [0.29, 0.717) is 19.4 Å². The van der Waals surface area contributed by atoms with Gasteiger partial charge in [-0.2, -0.15) is 13.2 Å². The van der Waals surface area contributed by atoms with Gasteiger partial charge in [0.1, 0.15) is 0 Å². The summed E-state index contributed by atoms with van der Waals surface area (Å²) in [6.07, 6.45) is -3.32. The maximum Gasteiger partial charge on any atom is 0.401 e. The Morgan fingerprint density at radius 3 is 2.60 bits per heavy atom. The molecule has 0 bridgehead atoms. The second-order valence-electron chi connectivity index (χ2n) is 4.06. The maximum atomic E-state index is 12.0. The third-order valence-corrected chi connectivity index (χ3v) is 2.58. The van der Waals surface area contributed by atoms with Gasteiger partial charge in [-0.1, -0.05) is 0 Å². The van der Waals surface area contributed by atoms with E-state index < -0.39 is 18.8 Å². The first-order chi connectivity index (χ1) is 6.88. The molecule has 1 aliphatic heterocycles. The van der Waals surface area contributed by atoms with Gasteiger partial charge in [0, 0.05) is 6.04 Å². The highest BCUT2D eigenvalue weighted by Crippen LogP contribution is 2.16. The van der Waals surface area contributed by atoms with Crippen molar-refractivity contribution in [2.24, 2.45) is 0 Å². The number of rotatable bonds is 4. The Bertz CT molecular complexity index is 198. The van der Waals surface area contributed by atoms with Crippen LogP contribution in [0.15, 0.2) is 0 Å². The van der Waals surface area contributed by atoms with Crippen LogP contribution in [0.5, 0.6) is 0 Å². The summed E-state index contributed by atoms with van der Waals surface area (Å²) in [6, 6.07) is -0.0549. The average Bonchev–Trinajstić information content (AvgIpc) is 2.44. The van der Waals surface area contributed by atoms with Crippen LogP contribution >= 0.6 is 0 Å². The van der Waals surface area contributed by atoms with Gasteiger partial charge in [-0.3, -0.25) is 4.90 Å². The van der Waals surface area contributed by atoms with Crippen molar-refractivity contribution in [1.29, 1.82) is 0 Å². The smallest absolute Gasteiger partial charge is 0.391 e. The van der Waals surface area contributed by atoms with Crippen LogP contribution < -0.4 is 5.32 Å². The number of aliphatic hydroxyl groups excluding tert-OH is 1. The van der Waals surface area contributed by atoms with Crippen molar-refractivity contribution in [1.82, 2.24) is 10.2 Å². The predicted octanol–water partition coefficient (Wildman–Crippen LogP) is 0.593. The number of aliphatic hydroxyl groups is 1. The standard InChI is InChI=1S/C9H17F3N2O/c1-14(6-9(10,11)12)5-3-7-8(15)2-4-13-7/h7-8,13,15H,2-6H2,1H3. The first kappa shape index (κ1) is 12.7. The van der Waals surface area contributed by atoms with Crippen LogP contribution in [0, 0.1) is 0 Å². The van der Waals surface area contributed by atoms with Crippen molar-refractivity contribution < 1.29 is 18.3 Å². The number of alkyl halides is 3. The molecule has 15 heavy (non-hydrogen) atoms. The van der Waals surface area contributed by atoms with Gasteiger partial charge in [-0.15, -0.1) is 0 Å². The largest absolute Gasteiger partial charge is 0.401 e. The summed E-state index contributed by atoms with van der Waals surface area (Å²) < 4.78 is 35.9. The fourth-order valence-electron chi connectivity index (χ4n) is 1.79. The minimum Gasteiger partial charge on any atom is -0.391 e. The molecule has 0 spiro atoms. The molecule has 2 N–H and O–H groups in total. The Kier molecular flexibility index (Phi) is 4.36. The zero-order chi connectivity index (χ0) is 11.5. The highest BCUT2D eigenvalue weighted by molar-refractivity contribution is 4.83. The fourth-order valence-corrected chi connectivity index (χ4v) is 1.79. The van der Waals surface area contributed by atoms with Crippen LogP contribution in [0.3, 0.4) is 0 Å². The highest BCUT2D eigenvalue weighted by Gasteiger charge is 2.30. The lowest BCUT2D eigenvalue weighted by molar-refractivity contribution is -0.143. The summed E-state index contributed by atoms with van der Waals surface area (Å²) in [5, 5.41) is 12.5. The summed E-state index contributed by atoms with van der Waals surface area (Å²) in [4.78, 5) is 1.23. The highest BCUT2D eigenvalue weighted by atomic mass is 19.4. The van der Waals surface area contributed by atoms with Crippen LogP contribution in [0.4, 0.5) is 13.2 Å². The Hall–Kier alpha value is -0.330. The molecule has 2 unspecified atom stereocenters. The summed E-state index contributed by atoms with van der Waals surface area (Å²) in [5.41, 5.74) is 0. The van der Waals surface area contributed by atoms with Gasteiger partial charge in [0.2, 0.25) is 0 Å². The van der Waals surface area contributed by atoms with Crippen molar-refractivity contribution in [2.45, 2.75) is 31.2 Å². The van der Waals surface area contributed by atoms with Crippen LogP contribution in [-0.4, -0.2) is 55.0 Å². The summed E-state index contributed by atoms with van der Waals surface area (Å²) in [5.74, 6) is 0. The lowest BCUT2D eigenvalue weighted by Gasteiger charge is -2.21. The molecule has 90 valence electrons. The molecule has 0 aromatic rings. The quantitative estimate of drug-likeness (QED) is 0.736. The van der Waals surface area contributed by atoms with Crippen LogP contribution in [0.25, 0.3) is 0 Å². The summed E-state index contributed by atoms with van der Waals surface area (Å²) in [6.45, 7) is 0.193. The first-order valence-corrected chi connectivity index (χ1v) is 5.05. The van der Waals surface area contributed by atoms with E-state index in [-0.39, 0.29) is 6.04 Å². The third-order valence-electron chi connectivity index (χ3n) is 2.58. The molecule has 0 aliphatic carbocycles. The van der Waals surface area contributed by atoms with Gasteiger partial charge in [-0.05, 0) is 33.0 Å². The van der Waals surface area contributed by atoms with Gasteiger partial charge in [0.05, 0.1) is 12.6 Å². The molecule has 0 aromatic heterocycles. The van der Waals surface area contributed by atoms with E-state index in [9.17, 15) is 18.3 Å². The Morgan fingerprint density at radius 1 is 1.47 bits per heavy atom. The van der Waals surface area contributed by atoms with E-state index in [1.807, 2.05) is 0 Å². The van der Waals surface area contributed by atoms with Gasteiger partial charge in [0.25, 0.3) is 0 Å². The van der Waals surface area contributed by atoms with Crippen molar-refractivity contribution >= 4 is 0 Å². The molecule has 1 heterocycles. The monoisotopic (exact) mass is 226 g/mol. The molecule has 6 heteroatoms.